The highest BCUT2D eigenvalue weighted by Gasteiger charge is 2.10. The average Bonchev–Trinajstić information content (AvgIpc) is 2.38. The lowest BCUT2D eigenvalue weighted by molar-refractivity contribution is 0.263. The highest BCUT2D eigenvalue weighted by atomic mass is 16.5. The van der Waals surface area contributed by atoms with Gasteiger partial charge in [0.1, 0.15) is 17.6 Å². The fourth-order valence-electron chi connectivity index (χ4n) is 1.72. The highest BCUT2D eigenvalue weighted by Crippen LogP contribution is 2.27. The van der Waals surface area contributed by atoms with Gasteiger partial charge < -0.3 is 15.2 Å². The molecular weight excluding hydrogens is 238 g/mol. The number of benzene rings is 1. The van der Waals surface area contributed by atoms with Crippen LogP contribution in [0.15, 0.2) is 30.9 Å². The van der Waals surface area contributed by atoms with Crippen LogP contribution in [-0.4, -0.2) is 18.8 Å². The molecule has 0 aliphatic rings. The Bertz CT molecular complexity index is 402. The summed E-state index contributed by atoms with van der Waals surface area (Å²) in [4.78, 5) is 0. The van der Waals surface area contributed by atoms with Crippen LogP contribution in [0, 0.1) is 0 Å². The maximum Gasteiger partial charge on any atom is 0.127 e. The predicted molar refractivity (Wildman–Crippen MR) is 79.9 cm³/mol. The Kier molecular flexibility index (Phi) is 6.43. The zero-order valence-corrected chi connectivity index (χ0v) is 12.2. The second-order valence-electron chi connectivity index (χ2n) is 4.86. The van der Waals surface area contributed by atoms with Crippen LogP contribution in [0.3, 0.4) is 0 Å². The molecule has 0 fully saturated rings. The lowest BCUT2D eigenvalue weighted by Gasteiger charge is -2.17. The van der Waals surface area contributed by atoms with E-state index in [0.717, 1.165) is 29.9 Å². The van der Waals surface area contributed by atoms with Crippen molar-refractivity contribution in [2.24, 2.45) is 5.73 Å². The van der Waals surface area contributed by atoms with E-state index in [1.165, 1.54) is 0 Å². The van der Waals surface area contributed by atoms with Crippen molar-refractivity contribution in [1.29, 1.82) is 0 Å². The van der Waals surface area contributed by atoms with Gasteiger partial charge in [0, 0.05) is 12.1 Å². The molecule has 0 aromatic heterocycles. The van der Waals surface area contributed by atoms with Crippen molar-refractivity contribution >= 4 is 0 Å². The monoisotopic (exact) mass is 263 g/mol. The van der Waals surface area contributed by atoms with Gasteiger partial charge in [-0.25, -0.2) is 0 Å². The van der Waals surface area contributed by atoms with Gasteiger partial charge in [0.2, 0.25) is 0 Å². The quantitative estimate of drug-likeness (QED) is 0.732. The summed E-state index contributed by atoms with van der Waals surface area (Å²) in [5.41, 5.74) is 6.97. The molecule has 0 heterocycles. The van der Waals surface area contributed by atoms with E-state index < -0.39 is 0 Å². The molecule has 3 nitrogen and oxygen atoms in total. The van der Waals surface area contributed by atoms with E-state index in [-0.39, 0.29) is 12.1 Å². The number of rotatable bonds is 8. The molecule has 1 rings (SSSR count). The van der Waals surface area contributed by atoms with Crippen molar-refractivity contribution in [2.75, 3.05) is 6.61 Å². The molecule has 0 radical (unpaired) electrons. The number of hydrogen-bond acceptors (Lipinski definition) is 3. The Balaban J connectivity index is 2.92. The summed E-state index contributed by atoms with van der Waals surface area (Å²) in [6, 6.07) is 6.04. The highest BCUT2D eigenvalue weighted by molar-refractivity contribution is 5.41. The third-order valence-electron chi connectivity index (χ3n) is 2.70. The Morgan fingerprint density at radius 3 is 2.68 bits per heavy atom. The molecule has 0 spiro atoms. The van der Waals surface area contributed by atoms with Crippen molar-refractivity contribution in [1.82, 2.24) is 0 Å². The largest absolute Gasteiger partial charge is 0.493 e. The summed E-state index contributed by atoms with van der Waals surface area (Å²) in [6.45, 7) is 10.5. The maximum atomic E-state index is 5.87. The third kappa shape index (κ3) is 5.35. The molecule has 0 aliphatic carbocycles. The summed E-state index contributed by atoms with van der Waals surface area (Å²) in [7, 11) is 0. The van der Waals surface area contributed by atoms with Crippen LogP contribution in [0.1, 0.15) is 32.8 Å². The molecule has 1 aromatic carbocycles. The fraction of sp³-hybridized carbons (Fsp3) is 0.500. The SMILES string of the molecule is C=CC(C)Oc1cc(OCCC)ccc1CC(C)N. The van der Waals surface area contributed by atoms with Gasteiger partial charge in [0.25, 0.3) is 0 Å². The summed E-state index contributed by atoms with van der Waals surface area (Å²) in [6.07, 6.45) is 3.51. The smallest absolute Gasteiger partial charge is 0.127 e. The lowest BCUT2D eigenvalue weighted by atomic mass is 10.1. The molecule has 3 heteroatoms. The van der Waals surface area contributed by atoms with Gasteiger partial charge in [-0.3, -0.25) is 0 Å². The zero-order chi connectivity index (χ0) is 14.3. The van der Waals surface area contributed by atoms with E-state index in [2.05, 4.69) is 13.5 Å². The second-order valence-corrected chi connectivity index (χ2v) is 4.86. The van der Waals surface area contributed by atoms with Crippen LogP contribution in [-0.2, 0) is 6.42 Å². The second kappa shape index (κ2) is 7.85. The summed E-state index contributed by atoms with van der Waals surface area (Å²) in [5.74, 6) is 1.67. The van der Waals surface area contributed by atoms with Crippen LogP contribution in [0.25, 0.3) is 0 Å². The standard InChI is InChI=1S/C16H25NO2/c1-5-9-18-15-8-7-14(10-12(3)17)16(11-15)19-13(4)6-2/h6-8,11-13H,2,5,9-10,17H2,1,3-4H3. The molecule has 0 bridgehead atoms. The Morgan fingerprint density at radius 1 is 1.37 bits per heavy atom. The molecule has 0 saturated carbocycles. The minimum absolute atomic E-state index is 0.0340. The van der Waals surface area contributed by atoms with Crippen molar-refractivity contribution in [3.05, 3.63) is 36.4 Å². The predicted octanol–water partition coefficient (Wildman–Crippen LogP) is 3.32. The summed E-state index contributed by atoms with van der Waals surface area (Å²) in [5, 5.41) is 0. The van der Waals surface area contributed by atoms with Gasteiger partial charge in [-0.15, -0.1) is 0 Å². The molecule has 106 valence electrons. The number of hydrogen-bond donors (Lipinski definition) is 1. The first-order valence-electron chi connectivity index (χ1n) is 6.87. The van der Waals surface area contributed by atoms with E-state index in [1.807, 2.05) is 32.0 Å². The van der Waals surface area contributed by atoms with Crippen molar-refractivity contribution < 1.29 is 9.47 Å². The first-order valence-corrected chi connectivity index (χ1v) is 6.87. The molecule has 0 amide bonds. The number of nitrogens with two attached hydrogens (primary N) is 1. The Hall–Kier alpha value is -1.48. The molecule has 1 aromatic rings. The van der Waals surface area contributed by atoms with Crippen LogP contribution in [0.5, 0.6) is 11.5 Å². The number of ether oxygens (including phenoxy) is 2. The molecule has 0 saturated heterocycles. The fourth-order valence-corrected chi connectivity index (χ4v) is 1.72. The van der Waals surface area contributed by atoms with E-state index in [9.17, 15) is 0 Å². The van der Waals surface area contributed by atoms with E-state index in [4.69, 9.17) is 15.2 Å². The molecular formula is C16H25NO2. The van der Waals surface area contributed by atoms with Crippen LogP contribution >= 0.6 is 0 Å². The van der Waals surface area contributed by atoms with Crippen molar-refractivity contribution in [2.45, 2.75) is 45.8 Å². The van der Waals surface area contributed by atoms with Gasteiger partial charge in [0.15, 0.2) is 0 Å². The first-order chi connectivity index (χ1) is 9.06. The minimum Gasteiger partial charge on any atom is -0.493 e. The lowest BCUT2D eigenvalue weighted by Crippen LogP contribution is -2.19. The molecule has 2 atom stereocenters. The van der Waals surface area contributed by atoms with Gasteiger partial charge >= 0.3 is 0 Å². The minimum atomic E-state index is -0.0340. The molecule has 2 unspecified atom stereocenters. The van der Waals surface area contributed by atoms with E-state index in [0.29, 0.717) is 6.61 Å². The van der Waals surface area contributed by atoms with Gasteiger partial charge in [-0.1, -0.05) is 25.6 Å². The van der Waals surface area contributed by atoms with Gasteiger partial charge in [0.05, 0.1) is 6.61 Å². The van der Waals surface area contributed by atoms with Gasteiger partial charge in [-0.05, 0) is 38.3 Å². The topological polar surface area (TPSA) is 44.5 Å². The van der Waals surface area contributed by atoms with E-state index >= 15 is 0 Å². The summed E-state index contributed by atoms with van der Waals surface area (Å²) < 4.78 is 11.5. The van der Waals surface area contributed by atoms with Crippen LogP contribution < -0.4 is 15.2 Å². The van der Waals surface area contributed by atoms with E-state index in [1.54, 1.807) is 6.08 Å². The molecule has 19 heavy (non-hydrogen) atoms. The van der Waals surface area contributed by atoms with Crippen LogP contribution in [0.2, 0.25) is 0 Å². The maximum absolute atomic E-state index is 5.87. The molecule has 0 aliphatic heterocycles. The van der Waals surface area contributed by atoms with Gasteiger partial charge in [-0.2, -0.15) is 0 Å². The Labute approximate surface area is 116 Å². The normalized spacial score (nSPS) is 13.7. The van der Waals surface area contributed by atoms with Crippen LogP contribution in [0.4, 0.5) is 0 Å². The third-order valence-corrected chi connectivity index (χ3v) is 2.70. The molecule has 2 N–H and O–H groups in total. The Morgan fingerprint density at radius 2 is 2.11 bits per heavy atom. The van der Waals surface area contributed by atoms with Crippen molar-refractivity contribution in [3.8, 4) is 11.5 Å². The average molecular weight is 263 g/mol. The first kappa shape index (κ1) is 15.6. The zero-order valence-electron chi connectivity index (χ0n) is 12.2. The van der Waals surface area contributed by atoms with Crippen molar-refractivity contribution in [3.63, 3.8) is 0 Å². The summed E-state index contributed by atoms with van der Waals surface area (Å²) >= 11 is 0.